The molecule has 2 rings (SSSR count). The SMILES string of the molecule is CN=C(NCCc1ccccc1Cl)NCc1cccc(OCC(N)=O)c1.I. The molecule has 27 heavy (non-hydrogen) atoms. The Morgan fingerprint density at radius 3 is 2.67 bits per heavy atom. The summed E-state index contributed by atoms with van der Waals surface area (Å²) in [7, 11) is 1.72. The molecule has 4 N–H and O–H groups in total. The van der Waals surface area contributed by atoms with Crippen molar-refractivity contribution in [2.45, 2.75) is 13.0 Å². The average Bonchev–Trinajstić information content (AvgIpc) is 2.64. The van der Waals surface area contributed by atoms with Crippen molar-refractivity contribution in [1.82, 2.24) is 10.6 Å². The van der Waals surface area contributed by atoms with Crippen LogP contribution in [0.2, 0.25) is 5.02 Å². The first kappa shape index (κ1) is 23.0. The van der Waals surface area contributed by atoms with Gasteiger partial charge in [0.15, 0.2) is 12.6 Å². The van der Waals surface area contributed by atoms with Crippen LogP contribution >= 0.6 is 35.6 Å². The van der Waals surface area contributed by atoms with Crippen LogP contribution in [-0.4, -0.2) is 32.1 Å². The molecule has 0 saturated heterocycles. The number of halogens is 2. The third-order valence-electron chi connectivity index (χ3n) is 3.61. The summed E-state index contributed by atoms with van der Waals surface area (Å²) in [4.78, 5) is 15.0. The fourth-order valence-corrected chi connectivity index (χ4v) is 2.55. The van der Waals surface area contributed by atoms with Gasteiger partial charge >= 0.3 is 0 Å². The second-order valence-corrected chi connectivity index (χ2v) is 6.00. The minimum atomic E-state index is -0.503. The predicted octanol–water partition coefficient (Wildman–Crippen LogP) is 2.73. The molecular formula is C19H24ClIN4O2. The van der Waals surface area contributed by atoms with E-state index in [9.17, 15) is 4.79 Å². The van der Waals surface area contributed by atoms with Crippen molar-refractivity contribution in [3.8, 4) is 5.75 Å². The van der Waals surface area contributed by atoms with Gasteiger partial charge in [-0.1, -0.05) is 41.9 Å². The molecule has 0 radical (unpaired) electrons. The van der Waals surface area contributed by atoms with Gasteiger partial charge in [-0.15, -0.1) is 24.0 Å². The number of amides is 1. The number of aliphatic imine (C=N–C) groups is 1. The topological polar surface area (TPSA) is 88.7 Å². The Morgan fingerprint density at radius 1 is 1.19 bits per heavy atom. The average molecular weight is 503 g/mol. The molecule has 0 aliphatic heterocycles. The van der Waals surface area contributed by atoms with Crippen LogP contribution in [0.4, 0.5) is 0 Å². The van der Waals surface area contributed by atoms with E-state index in [1.165, 1.54) is 0 Å². The molecule has 6 nitrogen and oxygen atoms in total. The van der Waals surface area contributed by atoms with Crippen LogP contribution < -0.4 is 21.1 Å². The Morgan fingerprint density at radius 2 is 1.96 bits per heavy atom. The number of primary amides is 1. The standard InChI is InChI=1S/C19H23ClN4O2.HI/c1-22-19(23-10-9-15-6-2-3-8-17(15)20)24-12-14-5-4-7-16(11-14)26-13-18(21)25;/h2-8,11H,9-10,12-13H2,1H3,(H2,21,25)(H2,22,23,24);1H. The van der Waals surface area contributed by atoms with E-state index in [2.05, 4.69) is 15.6 Å². The van der Waals surface area contributed by atoms with Crippen LogP contribution in [0.5, 0.6) is 5.75 Å². The molecule has 1 amide bonds. The molecule has 2 aromatic rings. The van der Waals surface area contributed by atoms with E-state index >= 15 is 0 Å². The number of rotatable bonds is 8. The fraction of sp³-hybridized carbons (Fsp3) is 0.263. The van der Waals surface area contributed by atoms with Crippen molar-refractivity contribution in [3.63, 3.8) is 0 Å². The molecule has 0 aromatic heterocycles. The summed E-state index contributed by atoms with van der Waals surface area (Å²) >= 11 is 6.16. The van der Waals surface area contributed by atoms with E-state index in [4.69, 9.17) is 22.1 Å². The summed E-state index contributed by atoms with van der Waals surface area (Å²) in [6, 6.07) is 15.2. The van der Waals surface area contributed by atoms with Gasteiger partial charge in [-0.3, -0.25) is 9.79 Å². The van der Waals surface area contributed by atoms with E-state index in [1.807, 2.05) is 42.5 Å². The number of nitrogens with two attached hydrogens (primary N) is 1. The van der Waals surface area contributed by atoms with E-state index < -0.39 is 5.91 Å². The van der Waals surface area contributed by atoms with Crippen molar-refractivity contribution in [2.24, 2.45) is 10.7 Å². The Kier molecular flexibility index (Phi) is 10.6. The van der Waals surface area contributed by atoms with E-state index in [0.717, 1.165) is 22.6 Å². The Balaban J connectivity index is 0.00000364. The number of carbonyl (C=O) groups excluding carboxylic acids is 1. The highest BCUT2D eigenvalue weighted by molar-refractivity contribution is 14.0. The maximum absolute atomic E-state index is 10.8. The van der Waals surface area contributed by atoms with Crippen LogP contribution in [0, 0.1) is 0 Å². The normalized spacial score (nSPS) is 10.7. The van der Waals surface area contributed by atoms with Crippen LogP contribution in [0.25, 0.3) is 0 Å². The van der Waals surface area contributed by atoms with Gasteiger partial charge in [0, 0.05) is 25.2 Å². The molecule has 2 aromatic carbocycles. The zero-order chi connectivity index (χ0) is 18.8. The van der Waals surface area contributed by atoms with Gasteiger partial charge in [0.1, 0.15) is 5.75 Å². The summed E-state index contributed by atoms with van der Waals surface area (Å²) in [5.41, 5.74) is 7.18. The number of nitrogens with zero attached hydrogens (tertiary/aromatic N) is 1. The van der Waals surface area contributed by atoms with Crippen molar-refractivity contribution in [2.75, 3.05) is 20.2 Å². The summed E-state index contributed by atoms with van der Waals surface area (Å²) in [5.74, 6) is 0.793. The van der Waals surface area contributed by atoms with Gasteiger partial charge in [-0.05, 0) is 35.7 Å². The fourth-order valence-electron chi connectivity index (χ4n) is 2.32. The van der Waals surface area contributed by atoms with Gasteiger partial charge in [-0.25, -0.2) is 0 Å². The molecule has 0 aliphatic carbocycles. The molecule has 0 aliphatic rings. The van der Waals surface area contributed by atoms with Gasteiger partial charge in [0.2, 0.25) is 0 Å². The number of nitrogens with one attached hydrogen (secondary N) is 2. The molecule has 0 atom stereocenters. The molecule has 0 unspecified atom stereocenters. The third kappa shape index (κ3) is 8.49. The van der Waals surface area contributed by atoms with E-state index in [-0.39, 0.29) is 30.6 Å². The number of ether oxygens (including phenoxy) is 1. The van der Waals surface area contributed by atoms with Crippen molar-refractivity contribution in [1.29, 1.82) is 0 Å². The van der Waals surface area contributed by atoms with Crippen molar-refractivity contribution < 1.29 is 9.53 Å². The monoisotopic (exact) mass is 502 g/mol. The minimum absolute atomic E-state index is 0. The Labute approximate surface area is 181 Å². The lowest BCUT2D eigenvalue weighted by Gasteiger charge is -2.13. The van der Waals surface area contributed by atoms with E-state index in [0.29, 0.717) is 24.8 Å². The van der Waals surface area contributed by atoms with Gasteiger partial charge < -0.3 is 21.1 Å². The summed E-state index contributed by atoms with van der Waals surface area (Å²) in [6.45, 7) is 1.15. The zero-order valence-corrected chi connectivity index (χ0v) is 18.2. The quantitative estimate of drug-likeness (QED) is 0.294. The number of hydrogen-bond acceptors (Lipinski definition) is 3. The van der Waals surface area contributed by atoms with Gasteiger partial charge in [-0.2, -0.15) is 0 Å². The molecule has 0 saturated carbocycles. The molecule has 0 fully saturated rings. The number of hydrogen-bond donors (Lipinski definition) is 3. The van der Waals surface area contributed by atoms with Gasteiger partial charge in [0.25, 0.3) is 5.91 Å². The van der Waals surface area contributed by atoms with Crippen LogP contribution in [0.15, 0.2) is 53.5 Å². The maximum Gasteiger partial charge on any atom is 0.255 e. The Hall–Kier alpha value is -2.00. The van der Waals surface area contributed by atoms with Crippen molar-refractivity contribution >= 4 is 47.4 Å². The lowest BCUT2D eigenvalue weighted by Crippen LogP contribution is -2.37. The highest BCUT2D eigenvalue weighted by Crippen LogP contribution is 2.15. The lowest BCUT2D eigenvalue weighted by molar-refractivity contribution is -0.119. The molecule has 0 spiro atoms. The largest absolute Gasteiger partial charge is 0.484 e. The van der Waals surface area contributed by atoms with Crippen LogP contribution in [0.3, 0.4) is 0 Å². The van der Waals surface area contributed by atoms with Gasteiger partial charge in [0.05, 0.1) is 0 Å². The first-order valence-electron chi connectivity index (χ1n) is 8.26. The molecule has 0 bridgehead atoms. The minimum Gasteiger partial charge on any atom is -0.484 e. The second-order valence-electron chi connectivity index (χ2n) is 5.60. The summed E-state index contributed by atoms with van der Waals surface area (Å²) in [5, 5.41) is 7.26. The smallest absolute Gasteiger partial charge is 0.255 e. The lowest BCUT2D eigenvalue weighted by atomic mass is 10.1. The molecular weight excluding hydrogens is 479 g/mol. The van der Waals surface area contributed by atoms with Crippen molar-refractivity contribution in [3.05, 3.63) is 64.7 Å². The maximum atomic E-state index is 10.8. The Bertz CT molecular complexity index is 771. The number of carbonyl (C=O) groups is 1. The first-order valence-corrected chi connectivity index (χ1v) is 8.64. The number of benzene rings is 2. The number of guanidine groups is 1. The molecule has 8 heteroatoms. The highest BCUT2D eigenvalue weighted by Gasteiger charge is 2.03. The van der Waals surface area contributed by atoms with E-state index in [1.54, 1.807) is 13.1 Å². The second kappa shape index (κ2) is 12.4. The third-order valence-corrected chi connectivity index (χ3v) is 3.98. The van der Waals surface area contributed by atoms with Crippen LogP contribution in [-0.2, 0) is 17.8 Å². The molecule has 146 valence electrons. The highest BCUT2D eigenvalue weighted by atomic mass is 127. The molecule has 0 heterocycles. The zero-order valence-electron chi connectivity index (χ0n) is 15.1. The van der Waals surface area contributed by atoms with Crippen LogP contribution in [0.1, 0.15) is 11.1 Å². The predicted molar refractivity (Wildman–Crippen MR) is 120 cm³/mol. The summed E-state index contributed by atoms with van der Waals surface area (Å²) < 4.78 is 5.31. The first-order chi connectivity index (χ1) is 12.6. The summed E-state index contributed by atoms with van der Waals surface area (Å²) in [6.07, 6.45) is 0.802.